The molecule has 0 saturated heterocycles. The van der Waals surface area contributed by atoms with E-state index in [2.05, 4.69) is 4.99 Å². The van der Waals surface area contributed by atoms with E-state index in [1.807, 2.05) is 0 Å². The number of hydrogen-bond donors (Lipinski definition) is 0. The second kappa shape index (κ2) is 3.40. The number of hydrogen-bond acceptors (Lipinski definition) is 2. The van der Waals surface area contributed by atoms with Crippen LogP contribution < -0.4 is 0 Å². The third-order valence-electron chi connectivity index (χ3n) is 3.50. The van der Waals surface area contributed by atoms with Gasteiger partial charge in [-0.3, -0.25) is 0 Å². The van der Waals surface area contributed by atoms with Crippen molar-refractivity contribution in [3.63, 3.8) is 0 Å². The molecule has 2 rings (SSSR count). The number of aliphatic imine (C=N–C) groups is 1. The third-order valence-corrected chi connectivity index (χ3v) is 3.50. The van der Waals surface area contributed by atoms with Gasteiger partial charge in [0.1, 0.15) is 0 Å². The average Bonchev–Trinajstić information content (AvgIpc) is 2.51. The van der Waals surface area contributed by atoms with Gasteiger partial charge in [0.15, 0.2) is 0 Å². The van der Waals surface area contributed by atoms with Crippen LogP contribution >= 0.6 is 0 Å². The summed E-state index contributed by atoms with van der Waals surface area (Å²) < 4.78 is 0. The molecule has 2 fully saturated rings. The summed E-state index contributed by atoms with van der Waals surface area (Å²) in [6.07, 6.45) is 9.44. The molecule has 2 nitrogen and oxygen atoms in total. The minimum atomic E-state index is 0.307. The lowest BCUT2D eigenvalue weighted by atomic mass is 9.79. The van der Waals surface area contributed by atoms with E-state index >= 15 is 0 Å². The summed E-state index contributed by atoms with van der Waals surface area (Å²) in [7, 11) is 0. The molecule has 0 N–H and O–H groups in total. The molecular formula is C10H15NO. The standard InChI is InChI=1S/C10H15NO/c12-7-11-10-5-4-8-2-1-3-9(8)6-10/h8-10H,1-6H2. The van der Waals surface area contributed by atoms with Crippen LogP contribution in [0.5, 0.6) is 0 Å². The molecule has 66 valence electrons. The Hall–Kier alpha value is -0.620. The zero-order chi connectivity index (χ0) is 8.39. The van der Waals surface area contributed by atoms with Crippen molar-refractivity contribution in [2.45, 2.75) is 44.6 Å². The van der Waals surface area contributed by atoms with Gasteiger partial charge in [-0.2, -0.15) is 0 Å². The van der Waals surface area contributed by atoms with Crippen LogP contribution in [0, 0.1) is 11.8 Å². The molecule has 0 amide bonds. The fourth-order valence-corrected chi connectivity index (χ4v) is 2.87. The zero-order valence-corrected chi connectivity index (χ0v) is 7.33. The first kappa shape index (κ1) is 8.00. The lowest BCUT2D eigenvalue weighted by Gasteiger charge is -2.28. The van der Waals surface area contributed by atoms with Crippen LogP contribution in [0.1, 0.15) is 38.5 Å². The highest BCUT2D eigenvalue weighted by Gasteiger charge is 2.33. The molecule has 0 aromatic rings. The molecule has 2 saturated carbocycles. The highest BCUT2D eigenvalue weighted by Crippen LogP contribution is 2.42. The van der Waals surface area contributed by atoms with Crippen molar-refractivity contribution in [1.82, 2.24) is 0 Å². The summed E-state index contributed by atoms with van der Waals surface area (Å²) in [5, 5.41) is 0. The molecule has 3 unspecified atom stereocenters. The minimum Gasteiger partial charge on any atom is -0.211 e. The van der Waals surface area contributed by atoms with Gasteiger partial charge in [0, 0.05) is 0 Å². The van der Waals surface area contributed by atoms with Crippen LogP contribution in [0.2, 0.25) is 0 Å². The highest BCUT2D eigenvalue weighted by molar-refractivity contribution is 5.33. The lowest BCUT2D eigenvalue weighted by Crippen LogP contribution is -2.22. The zero-order valence-electron chi connectivity index (χ0n) is 7.33. The molecule has 0 radical (unpaired) electrons. The van der Waals surface area contributed by atoms with Gasteiger partial charge in [-0.15, -0.1) is 0 Å². The van der Waals surface area contributed by atoms with Gasteiger partial charge in [0.05, 0.1) is 6.04 Å². The minimum absolute atomic E-state index is 0.307. The van der Waals surface area contributed by atoms with E-state index in [9.17, 15) is 4.79 Å². The van der Waals surface area contributed by atoms with Gasteiger partial charge in [-0.25, -0.2) is 9.79 Å². The van der Waals surface area contributed by atoms with Crippen LogP contribution in [-0.4, -0.2) is 12.1 Å². The molecule has 0 spiro atoms. The fourth-order valence-electron chi connectivity index (χ4n) is 2.87. The molecule has 2 aliphatic rings. The summed E-state index contributed by atoms with van der Waals surface area (Å²) in [6.45, 7) is 0. The Labute approximate surface area is 73.1 Å². The summed E-state index contributed by atoms with van der Waals surface area (Å²) in [5.41, 5.74) is 0. The van der Waals surface area contributed by atoms with Gasteiger partial charge >= 0.3 is 0 Å². The smallest absolute Gasteiger partial charge is 0.211 e. The first-order chi connectivity index (χ1) is 5.90. The Morgan fingerprint density at radius 1 is 1.08 bits per heavy atom. The van der Waals surface area contributed by atoms with Crippen LogP contribution in [0.15, 0.2) is 4.99 Å². The van der Waals surface area contributed by atoms with E-state index in [0.717, 1.165) is 24.7 Å². The molecule has 2 heteroatoms. The summed E-state index contributed by atoms with van der Waals surface area (Å²) in [6, 6.07) is 0.307. The van der Waals surface area contributed by atoms with E-state index in [0.29, 0.717) is 6.04 Å². The maximum absolute atomic E-state index is 10.1. The average molecular weight is 165 g/mol. The maximum Gasteiger partial charge on any atom is 0.235 e. The molecule has 12 heavy (non-hydrogen) atoms. The molecule has 3 atom stereocenters. The Morgan fingerprint density at radius 2 is 1.92 bits per heavy atom. The largest absolute Gasteiger partial charge is 0.235 e. The van der Waals surface area contributed by atoms with Gasteiger partial charge in [0.2, 0.25) is 6.08 Å². The van der Waals surface area contributed by atoms with Crippen molar-refractivity contribution in [3.8, 4) is 0 Å². The first-order valence-electron chi connectivity index (χ1n) is 4.97. The van der Waals surface area contributed by atoms with Gasteiger partial charge in [0.25, 0.3) is 0 Å². The Bertz CT molecular complexity index is 208. The van der Waals surface area contributed by atoms with E-state index < -0.39 is 0 Å². The molecular weight excluding hydrogens is 150 g/mol. The molecule has 0 aromatic heterocycles. The predicted octanol–water partition coefficient (Wildman–Crippen LogP) is 2.29. The predicted molar refractivity (Wildman–Crippen MR) is 46.6 cm³/mol. The molecule has 0 aromatic carbocycles. The van der Waals surface area contributed by atoms with Crippen molar-refractivity contribution in [3.05, 3.63) is 0 Å². The van der Waals surface area contributed by atoms with Crippen LogP contribution in [0.25, 0.3) is 0 Å². The second-order valence-corrected chi connectivity index (χ2v) is 4.14. The first-order valence-corrected chi connectivity index (χ1v) is 4.97. The third kappa shape index (κ3) is 1.44. The normalized spacial score (nSPS) is 40.2. The van der Waals surface area contributed by atoms with Crippen LogP contribution in [0.4, 0.5) is 0 Å². The van der Waals surface area contributed by atoms with Crippen molar-refractivity contribution in [2.75, 3.05) is 0 Å². The van der Waals surface area contributed by atoms with Crippen molar-refractivity contribution >= 4 is 6.08 Å². The van der Waals surface area contributed by atoms with E-state index in [1.165, 1.54) is 25.7 Å². The summed E-state index contributed by atoms with van der Waals surface area (Å²) >= 11 is 0. The Kier molecular flexibility index (Phi) is 2.27. The van der Waals surface area contributed by atoms with E-state index in [1.54, 1.807) is 6.08 Å². The van der Waals surface area contributed by atoms with Crippen molar-refractivity contribution < 1.29 is 4.79 Å². The summed E-state index contributed by atoms with van der Waals surface area (Å²) in [4.78, 5) is 13.9. The number of rotatable bonds is 1. The SMILES string of the molecule is O=C=NC1CCC2CCCC2C1. The second-order valence-electron chi connectivity index (χ2n) is 4.14. The Balaban J connectivity index is 1.96. The van der Waals surface area contributed by atoms with Crippen LogP contribution in [-0.2, 0) is 4.79 Å². The monoisotopic (exact) mass is 165 g/mol. The fraction of sp³-hybridized carbons (Fsp3) is 0.900. The topological polar surface area (TPSA) is 29.4 Å². The van der Waals surface area contributed by atoms with Crippen molar-refractivity contribution in [1.29, 1.82) is 0 Å². The molecule has 0 heterocycles. The number of carbonyl (C=O) groups excluding carboxylic acids is 1. The van der Waals surface area contributed by atoms with Gasteiger partial charge in [-0.1, -0.05) is 19.3 Å². The number of nitrogens with zero attached hydrogens (tertiary/aromatic N) is 1. The number of fused-ring (bicyclic) bond motifs is 1. The van der Waals surface area contributed by atoms with E-state index in [4.69, 9.17) is 0 Å². The van der Waals surface area contributed by atoms with E-state index in [-0.39, 0.29) is 0 Å². The number of isocyanates is 1. The van der Waals surface area contributed by atoms with Crippen molar-refractivity contribution in [2.24, 2.45) is 16.8 Å². The molecule has 0 bridgehead atoms. The maximum atomic E-state index is 10.1. The van der Waals surface area contributed by atoms with Crippen LogP contribution in [0.3, 0.4) is 0 Å². The Morgan fingerprint density at radius 3 is 2.75 bits per heavy atom. The molecule has 2 aliphatic carbocycles. The quantitative estimate of drug-likeness (QED) is 0.433. The lowest BCUT2D eigenvalue weighted by molar-refractivity contribution is 0.252. The highest BCUT2D eigenvalue weighted by atomic mass is 16.1. The van der Waals surface area contributed by atoms with Gasteiger partial charge < -0.3 is 0 Å². The van der Waals surface area contributed by atoms with Gasteiger partial charge in [-0.05, 0) is 31.1 Å². The summed E-state index contributed by atoms with van der Waals surface area (Å²) in [5.74, 6) is 1.84. The molecule has 0 aliphatic heterocycles.